The first-order chi connectivity index (χ1) is 7.78. The van der Waals surface area contributed by atoms with Crippen molar-refractivity contribution in [3.05, 3.63) is 18.0 Å². The largest absolute Gasteiger partial charge is 0.368 e. The standard InChI is InChI=1S/C13H23N3O/c1-12(2)6-11(13(3,4)17-12)14-7-10-8-15-16(5)9-10/h8-9,11,14H,6-7H2,1-5H3. The average molecular weight is 237 g/mol. The first-order valence-corrected chi connectivity index (χ1v) is 6.20. The van der Waals surface area contributed by atoms with E-state index in [0.717, 1.165) is 13.0 Å². The summed E-state index contributed by atoms with van der Waals surface area (Å²) in [5, 5.41) is 7.75. The third-order valence-electron chi connectivity index (χ3n) is 3.39. The number of aromatic nitrogens is 2. The summed E-state index contributed by atoms with van der Waals surface area (Å²) < 4.78 is 7.89. The van der Waals surface area contributed by atoms with Crippen molar-refractivity contribution in [2.24, 2.45) is 7.05 Å². The highest BCUT2D eigenvalue weighted by atomic mass is 16.5. The second-order valence-corrected chi connectivity index (χ2v) is 6.13. The summed E-state index contributed by atoms with van der Waals surface area (Å²) in [7, 11) is 1.94. The van der Waals surface area contributed by atoms with Crippen LogP contribution in [0.25, 0.3) is 0 Å². The molecule has 96 valence electrons. The fourth-order valence-corrected chi connectivity index (χ4v) is 2.68. The van der Waals surface area contributed by atoms with Gasteiger partial charge >= 0.3 is 0 Å². The summed E-state index contributed by atoms with van der Waals surface area (Å²) in [5.74, 6) is 0. The molecule has 2 heterocycles. The number of hydrogen-bond acceptors (Lipinski definition) is 3. The summed E-state index contributed by atoms with van der Waals surface area (Å²) in [6.45, 7) is 9.47. The van der Waals surface area contributed by atoms with Crippen LogP contribution >= 0.6 is 0 Å². The maximum atomic E-state index is 6.06. The van der Waals surface area contributed by atoms with Crippen LogP contribution in [0.5, 0.6) is 0 Å². The normalized spacial score (nSPS) is 26.3. The van der Waals surface area contributed by atoms with Crippen molar-refractivity contribution in [3.63, 3.8) is 0 Å². The Kier molecular flexibility index (Phi) is 3.04. The van der Waals surface area contributed by atoms with Crippen molar-refractivity contribution in [2.75, 3.05) is 0 Å². The molecule has 2 rings (SSSR count). The van der Waals surface area contributed by atoms with Gasteiger partial charge in [-0.3, -0.25) is 4.68 Å². The van der Waals surface area contributed by atoms with Crippen LogP contribution in [0.4, 0.5) is 0 Å². The Hall–Kier alpha value is -0.870. The number of ether oxygens (including phenoxy) is 1. The molecule has 0 radical (unpaired) electrons. The lowest BCUT2D eigenvalue weighted by atomic mass is 9.94. The summed E-state index contributed by atoms with van der Waals surface area (Å²) in [6, 6.07) is 0.387. The predicted octanol–water partition coefficient (Wildman–Crippen LogP) is 1.86. The maximum Gasteiger partial charge on any atom is 0.0787 e. The monoisotopic (exact) mass is 237 g/mol. The molecule has 0 bridgehead atoms. The van der Waals surface area contributed by atoms with Crippen molar-refractivity contribution < 1.29 is 4.74 Å². The van der Waals surface area contributed by atoms with E-state index in [2.05, 4.69) is 38.1 Å². The van der Waals surface area contributed by atoms with Gasteiger partial charge in [0.1, 0.15) is 0 Å². The average Bonchev–Trinajstić information content (AvgIpc) is 2.64. The van der Waals surface area contributed by atoms with Crippen molar-refractivity contribution >= 4 is 0 Å². The van der Waals surface area contributed by atoms with Crippen LogP contribution in [0.2, 0.25) is 0 Å². The molecule has 1 aliphatic heterocycles. The molecule has 1 aromatic rings. The van der Waals surface area contributed by atoms with Crippen LogP contribution in [0.3, 0.4) is 0 Å². The van der Waals surface area contributed by atoms with Gasteiger partial charge in [0.15, 0.2) is 0 Å². The molecule has 0 aromatic carbocycles. The van der Waals surface area contributed by atoms with Gasteiger partial charge < -0.3 is 10.1 Å². The quantitative estimate of drug-likeness (QED) is 0.872. The molecule has 4 heteroatoms. The Morgan fingerprint density at radius 3 is 2.65 bits per heavy atom. The van der Waals surface area contributed by atoms with Crippen LogP contribution in [-0.2, 0) is 18.3 Å². The molecule has 17 heavy (non-hydrogen) atoms. The first-order valence-electron chi connectivity index (χ1n) is 6.20. The van der Waals surface area contributed by atoms with Gasteiger partial charge in [-0.05, 0) is 34.1 Å². The van der Waals surface area contributed by atoms with Crippen LogP contribution in [0.15, 0.2) is 12.4 Å². The molecule has 1 atom stereocenters. The topological polar surface area (TPSA) is 39.1 Å². The molecule has 4 nitrogen and oxygen atoms in total. The van der Waals surface area contributed by atoms with E-state index in [-0.39, 0.29) is 11.2 Å². The Labute approximate surface area is 103 Å². The molecule has 1 unspecified atom stereocenters. The molecule has 0 amide bonds. The van der Waals surface area contributed by atoms with Crippen LogP contribution < -0.4 is 5.32 Å². The predicted molar refractivity (Wildman–Crippen MR) is 67.7 cm³/mol. The molecule has 0 spiro atoms. The number of nitrogens with one attached hydrogen (secondary N) is 1. The minimum atomic E-state index is -0.105. The van der Waals surface area contributed by atoms with Gasteiger partial charge in [-0.25, -0.2) is 0 Å². The lowest BCUT2D eigenvalue weighted by Crippen LogP contribution is -2.42. The summed E-state index contributed by atoms with van der Waals surface area (Å²) >= 11 is 0. The third kappa shape index (κ3) is 2.87. The molecule has 1 aliphatic rings. The van der Waals surface area contributed by atoms with Gasteiger partial charge in [0.05, 0.1) is 17.4 Å². The third-order valence-corrected chi connectivity index (χ3v) is 3.39. The van der Waals surface area contributed by atoms with Crippen LogP contribution in [0.1, 0.15) is 39.7 Å². The second-order valence-electron chi connectivity index (χ2n) is 6.13. The van der Waals surface area contributed by atoms with Crippen molar-refractivity contribution in [1.82, 2.24) is 15.1 Å². The number of nitrogens with zero attached hydrogens (tertiary/aromatic N) is 2. The SMILES string of the molecule is Cn1cc(CNC2CC(C)(C)OC2(C)C)cn1. The molecular formula is C13H23N3O. The van der Waals surface area contributed by atoms with Gasteiger partial charge in [-0.2, -0.15) is 5.10 Å². The highest BCUT2D eigenvalue weighted by Gasteiger charge is 2.45. The zero-order valence-corrected chi connectivity index (χ0v) is 11.4. The number of aryl methyl sites for hydroxylation is 1. The lowest BCUT2D eigenvalue weighted by molar-refractivity contribution is -0.0699. The summed E-state index contributed by atoms with van der Waals surface area (Å²) in [6.07, 6.45) is 4.99. The van der Waals surface area contributed by atoms with Gasteiger partial charge in [0, 0.05) is 31.4 Å². The molecule has 1 N–H and O–H groups in total. The number of rotatable bonds is 3. The van der Waals surface area contributed by atoms with E-state index in [9.17, 15) is 0 Å². The fraction of sp³-hybridized carbons (Fsp3) is 0.769. The van der Waals surface area contributed by atoms with Gasteiger partial charge in [0.25, 0.3) is 0 Å². The van der Waals surface area contributed by atoms with Crippen molar-refractivity contribution in [2.45, 2.75) is 57.9 Å². The summed E-state index contributed by atoms with van der Waals surface area (Å²) in [4.78, 5) is 0. The first kappa shape index (κ1) is 12.6. The Balaban J connectivity index is 1.95. The van der Waals surface area contributed by atoms with E-state index in [1.165, 1.54) is 5.56 Å². The molecule has 1 fully saturated rings. The molecular weight excluding hydrogens is 214 g/mol. The van der Waals surface area contributed by atoms with Crippen molar-refractivity contribution in [1.29, 1.82) is 0 Å². The van der Waals surface area contributed by atoms with E-state index in [4.69, 9.17) is 4.74 Å². The van der Waals surface area contributed by atoms with Gasteiger partial charge in [-0.15, -0.1) is 0 Å². The zero-order chi connectivity index (χ0) is 12.7. The smallest absolute Gasteiger partial charge is 0.0787 e. The molecule has 1 saturated heterocycles. The highest BCUT2D eigenvalue weighted by molar-refractivity contribution is 5.05. The van der Waals surface area contributed by atoms with Gasteiger partial charge in [0.2, 0.25) is 0 Å². The minimum Gasteiger partial charge on any atom is -0.368 e. The Morgan fingerprint density at radius 1 is 1.47 bits per heavy atom. The van der Waals surface area contributed by atoms with E-state index in [1.807, 2.05) is 24.1 Å². The van der Waals surface area contributed by atoms with Crippen molar-refractivity contribution in [3.8, 4) is 0 Å². The molecule has 1 aromatic heterocycles. The Bertz CT molecular complexity index is 395. The second kappa shape index (κ2) is 4.10. The number of hydrogen-bond donors (Lipinski definition) is 1. The maximum absolute atomic E-state index is 6.06. The molecule has 0 saturated carbocycles. The van der Waals surface area contributed by atoms with Crippen LogP contribution in [-0.4, -0.2) is 27.0 Å². The van der Waals surface area contributed by atoms with E-state index in [1.54, 1.807) is 0 Å². The fourth-order valence-electron chi connectivity index (χ4n) is 2.68. The van der Waals surface area contributed by atoms with Crippen LogP contribution in [0, 0.1) is 0 Å². The van der Waals surface area contributed by atoms with Gasteiger partial charge in [-0.1, -0.05) is 0 Å². The summed E-state index contributed by atoms with van der Waals surface area (Å²) in [5.41, 5.74) is 1.08. The van der Waals surface area contributed by atoms with E-state index in [0.29, 0.717) is 6.04 Å². The lowest BCUT2D eigenvalue weighted by Gasteiger charge is -2.27. The molecule has 0 aliphatic carbocycles. The van der Waals surface area contributed by atoms with E-state index < -0.39 is 0 Å². The highest BCUT2D eigenvalue weighted by Crippen LogP contribution is 2.37. The Morgan fingerprint density at radius 2 is 2.18 bits per heavy atom. The van der Waals surface area contributed by atoms with E-state index >= 15 is 0 Å². The zero-order valence-electron chi connectivity index (χ0n) is 11.4. The minimum absolute atomic E-state index is 0.0316.